The number of aryl methyl sites for hydroxylation is 4. The van der Waals surface area contributed by atoms with Crippen LogP contribution in [0.25, 0.3) is 0 Å². The van der Waals surface area contributed by atoms with Gasteiger partial charge in [0.1, 0.15) is 64.6 Å². The van der Waals surface area contributed by atoms with Crippen molar-refractivity contribution in [3.63, 3.8) is 0 Å². The van der Waals surface area contributed by atoms with E-state index in [1.807, 2.05) is 0 Å². The van der Waals surface area contributed by atoms with E-state index in [0.717, 1.165) is 66.6 Å². The molecule has 5 aliphatic rings. The van der Waals surface area contributed by atoms with E-state index in [1.54, 1.807) is 37.3 Å². The Balaban J connectivity index is 0.000000127. The zero-order valence-electron chi connectivity index (χ0n) is 30.9. The molecule has 4 aromatic rings. The maximum absolute atomic E-state index is 12.9. The molecule has 5 unspecified atom stereocenters. The maximum Gasteiger partial charge on any atom is 0.347 e. The Hall–Kier alpha value is -5.14. The first-order valence-corrected chi connectivity index (χ1v) is 18.8. The van der Waals surface area contributed by atoms with Gasteiger partial charge in [0.25, 0.3) is 0 Å². The van der Waals surface area contributed by atoms with Crippen LogP contribution < -0.4 is 18.9 Å². The van der Waals surface area contributed by atoms with Crippen molar-refractivity contribution >= 4 is 12.3 Å². The smallest absolute Gasteiger partial charge is 0.347 e. The number of fused-ring (bicyclic) bond motifs is 4. The van der Waals surface area contributed by atoms with E-state index >= 15 is 0 Å². The van der Waals surface area contributed by atoms with E-state index in [2.05, 4.69) is 0 Å². The monoisotopic (exact) mass is 780 g/mol. The molecule has 1 fully saturated rings. The molecule has 0 spiro atoms. The van der Waals surface area contributed by atoms with Crippen molar-refractivity contribution in [3.8, 4) is 23.0 Å². The number of carbonyl (C=O) groups excluding carboxylic acids is 2. The molecule has 0 radical (unpaired) electrons. The number of rotatable bonds is 5. The Morgan fingerprint density at radius 2 is 1.12 bits per heavy atom. The van der Waals surface area contributed by atoms with E-state index in [4.69, 9.17) is 33.5 Å². The molecule has 9 nitrogen and oxygen atoms in total. The van der Waals surface area contributed by atoms with Crippen LogP contribution in [0, 0.1) is 23.3 Å². The average molecular weight is 781 g/mol. The first-order valence-electron chi connectivity index (χ1n) is 18.8. The average Bonchev–Trinajstić information content (AvgIpc) is 4.07. The maximum atomic E-state index is 12.9. The molecule has 1 N–H and O–H groups in total. The van der Waals surface area contributed by atoms with E-state index in [-0.39, 0.29) is 60.3 Å². The molecule has 13 heteroatoms. The van der Waals surface area contributed by atoms with E-state index < -0.39 is 6.10 Å². The van der Waals surface area contributed by atoms with Crippen molar-refractivity contribution in [2.24, 2.45) is 0 Å². The number of aldehydes is 1. The lowest BCUT2D eigenvalue weighted by molar-refractivity contribution is -0.152. The predicted octanol–water partition coefficient (Wildman–Crippen LogP) is 7.23. The predicted molar refractivity (Wildman–Crippen MR) is 196 cm³/mol. The Labute approximate surface area is 322 Å². The lowest BCUT2D eigenvalue weighted by Gasteiger charge is -2.24. The number of epoxide rings is 1. The third kappa shape index (κ3) is 11.0. The highest BCUT2D eigenvalue weighted by molar-refractivity contribution is 5.75. The number of benzene rings is 4. The van der Waals surface area contributed by atoms with Crippen molar-refractivity contribution < 1.29 is 60.7 Å². The number of aliphatic hydroxyl groups is 1. The van der Waals surface area contributed by atoms with E-state index in [9.17, 15) is 27.2 Å². The summed E-state index contributed by atoms with van der Waals surface area (Å²) in [4.78, 5) is 21.9. The van der Waals surface area contributed by atoms with E-state index in [1.165, 1.54) is 42.5 Å². The van der Waals surface area contributed by atoms with Crippen LogP contribution in [0.3, 0.4) is 0 Å². The zero-order chi connectivity index (χ0) is 39.6. The second kappa shape index (κ2) is 19.1. The SMILES string of the molecule is CCOC(=O)C1CCc2cc(F)ccc2O1.Fc1ccc2c(c1)CCC(C1CO1)O2.O=CC1CCc2cc(F)ccc2O1.OCC1CCc2cc(F)ccc2O1. The molecule has 9 rings (SSSR count). The van der Waals surface area contributed by atoms with Gasteiger partial charge in [-0.1, -0.05) is 0 Å². The minimum absolute atomic E-state index is 0.0246. The zero-order valence-corrected chi connectivity index (χ0v) is 30.9. The molecule has 5 aliphatic heterocycles. The van der Waals surface area contributed by atoms with Crippen molar-refractivity contribution in [3.05, 3.63) is 118 Å². The number of halogens is 4. The molecule has 56 heavy (non-hydrogen) atoms. The molecule has 0 amide bonds. The van der Waals surface area contributed by atoms with Crippen LogP contribution in [0.2, 0.25) is 0 Å². The minimum Gasteiger partial charge on any atom is -0.488 e. The molecule has 5 atom stereocenters. The standard InChI is InChI=1S/C12H13FO3.C11H11FO2.C10H11FO2.C10H9FO2/c1-2-15-12(14)11-5-3-8-7-9(13)4-6-10(8)16-11;12-8-2-4-9-7(5-8)1-3-10(14-9)11-6-13-11;2*11-8-2-4-10-7(5-8)1-3-9(6-12)13-10/h4,6-7,11H,2-3,5H2,1H3;2,4-5,10-11H,1,3,6H2;2,4-5,9,12H,1,3,6H2;2,4-6,9H,1,3H2. The Morgan fingerprint density at radius 1 is 0.661 bits per heavy atom. The number of ether oxygens (including phenoxy) is 6. The van der Waals surface area contributed by atoms with Crippen LogP contribution in [0.5, 0.6) is 23.0 Å². The molecule has 1 saturated heterocycles. The lowest BCUT2D eigenvalue weighted by atomic mass is 10.0. The fourth-order valence-electron chi connectivity index (χ4n) is 6.68. The Morgan fingerprint density at radius 3 is 1.62 bits per heavy atom. The van der Waals surface area contributed by atoms with Crippen LogP contribution in [0.4, 0.5) is 17.6 Å². The molecule has 0 saturated carbocycles. The Kier molecular flexibility index (Phi) is 13.8. The first-order chi connectivity index (χ1) is 27.1. The van der Waals surface area contributed by atoms with Gasteiger partial charge in [-0.15, -0.1) is 0 Å². The van der Waals surface area contributed by atoms with Crippen LogP contribution in [0.1, 0.15) is 54.9 Å². The van der Waals surface area contributed by atoms with Gasteiger partial charge in [0, 0.05) is 0 Å². The Bertz CT molecular complexity index is 1970. The van der Waals surface area contributed by atoms with Crippen molar-refractivity contribution in [1.29, 1.82) is 0 Å². The summed E-state index contributed by atoms with van der Waals surface area (Å²) in [5, 5.41) is 8.87. The summed E-state index contributed by atoms with van der Waals surface area (Å²) in [6.07, 6.45) is 6.05. The third-order valence-electron chi connectivity index (χ3n) is 9.70. The summed E-state index contributed by atoms with van der Waals surface area (Å²) in [7, 11) is 0. The molecule has 298 valence electrons. The third-order valence-corrected chi connectivity index (χ3v) is 9.70. The number of hydrogen-bond donors (Lipinski definition) is 1. The summed E-state index contributed by atoms with van der Waals surface area (Å²) in [6.45, 7) is 2.93. The highest BCUT2D eigenvalue weighted by Gasteiger charge is 2.36. The quantitative estimate of drug-likeness (QED) is 0.0971. The number of esters is 1. The fraction of sp³-hybridized carbons (Fsp3) is 0.395. The number of hydrogen-bond acceptors (Lipinski definition) is 9. The minimum atomic E-state index is -0.557. The molecule has 0 aliphatic carbocycles. The molecule has 5 heterocycles. The molecule has 0 aromatic heterocycles. The van der Waals surface area contributed by atoms with E-state index in [0.29, 0.717) is 49.5 Å². The van der Waals surface area contributed by atoms with Crippen LogP contribution in [-0.4, -0.2) is 67.7 Å². The second-order valence-corrected chi connectivity index (χ2v) is 13.8. The largest absolute Gasteiger partial charge is 0.488 e. The summed E-state index contributed by atoms with van der Waals surface area (Å²) >= 11 is 0. The summed E-state index contributed by atoms with van der Waals surface area (Å²) < 4.78 is 83.3. The number of carbonyl (C=O) groups is 2. The normalized spacial score (nSPS) is 22.1. The number of aliphatic hydroxyl groups excluding tert-OH is 1. The van der Waals surface area contributed by atoms with Crippen molar-refractivity contribution in [2.45, 2.75) is 88.8 Å². The summed E-state index contributed by atoms with van der Waals surface area (Å²) in [6, 6.07) is 17.9. The van der Waals surface area contributed by atoms with Gasteiger partial charge >= 0.3 is 5.97 Å². The van der Waals surface area contributed by atoms with Crippen molar-refractivity contribution in [1.82, 2.24) is 0 Å². The highest BCUT2D eigenvalue weighted by atomic mass is 19.1. The van der Waals surface area contributed by atoms with Gasteiger partial charge in [-0.2, -0.15) is 0 Å². The van der Waals surface area contributed by atoms with Gasteiger partial charge in [0.15, 0.2) is 18.5 Å². The van der Waals surface area contributed by atoms with Gasteiger partial charge in [-0.25, -0.2) is 22.4 Å². The van der Waals surface area contributed by atoms with Gasteiger partial charge in [-0.3, -0.25) is 4.79 Å². The molecule has 0 bridgehead atoms. The summed E-state index contributed by atoms with van der Waals surface area (Å²) in [5.41, 5.74) is 3.52. The second-order valence-electron chi connectivity index (χ2n) is 13.8. The van der Waals surface area contributed by atoms with Crippen molar-refractivity contribution in [2.75, 3.05) is 19.8 Å². The van der Waals surface area contributed by atoms with Gasteiger partial charge in [0.2, 0.25) is 0 Å². The van der Waals surface area contributed by atoms with Gasteiger partial charge in [-0.05, 0) is 153 Å². The topological polar surface area (TPSA) is 113 Å². The van der Waals surface area contributed by atoms with Crippen LogP contribution in [-0.2, 0) is 44.7 Å². The first kappa shape index (κ1) is 40.5. The highest BCUT2D eigenvalue weighted by Crippen LogP contribution is 2.33. The van der Waals surface area contributed by atoms with Crippen LogP contribution in [0.15, 0.2) is 72.8 Å². The lowest BCUT2D eigenvalue weighted by Crippen LogP contribution is -2.32. The van der Waals surface area contributed by atoms with Gasteiger partial charge in [0.05, 0.1) is 19.8 Å². The fourth-order valence-corrected chi connectivity index (χ4v) is 6.68. The molecular formula is C43H44F4O9. The van der Waals surface area contributed by atoms with Crippen LogP contribution >= 0.6 is 0 Å². The molecular weight excluding hydrogens is 736 g/mol. The summed E-state index contributed by atoms with van der Waals surface area (Å²) in [5.74, 6) is 1.42. The van der Waals surface area contributed by atoms with Gasteiger partial charge < -0.3 is 33.5 Å². The molecule has 4 aromatic carbocycles.